The minimum Gasteiger partial charge on any atom is -0.494 e. The van der Waals surface area contributed by atoms with Crippen LogP contribution < -0.4 is 4.74 Å². The molecule has 47 heavy (non-hydrogen) atoms. The maximum atomic E-state index is 6.67. The molecule has 1 heterocycles. The molecule has 0 spiro atoms. The summed E-state index contributed by atoms with van der Waals surface area (Å²) in [6.07, 6.45) is 4.59. The SMILES string of the molecule is CSc1ccc(CO[C@H]2CN(C(Cl)Cl)C[C@@H](OCc3ccc(SC)cc3)C2c2ccc(OCCCOCc3ccccc3)cc2)cc1. The topological polar surface area (TPSA) is 40.2 Å². The van der Waals surface area contributed by atoms with Crippen LogP contribution in [0.2, 0.25) is 0 Å². The summed E-state index contributed by atoms with van der Waals surface area (Å²) in [5, 5.41) is 0. The number of ether oxygens (including phenoxy) is 4. The minimum absolute atomic E-state index is 0.0327. The summed E-state index contributed by atoms with van der Waals surface area (Å²) in [5.74, 6) is 0.795. The van der Waals surface area contributed by atoms with E-state index in [1.165, 1.54) is 15.4 Å². The lowest BCUT2D eigenvalue weighted by molar-refractivity contribution is -0.0985. The van der Waals surface area contributed by atoms with Crippen molar-refractivity contribution in [3.63, 3.8) is 0 Å². The Bertz CT molecular complexity index is 1400. The highest BCUT2D eigenvalue weighted by Gasteiger charge is 2.41. The molecular formula is C38H43Cl2NO4S2. The summed E-state index contributed by atoms with van der Waals surface area (Å²) >= 11 is 16.4. The third-order valence-electron chi connectivity index (χ3n) is 8.23. The van der Waals surface area contributed by atoms with E-state index < -0.39 is 4.96 Å². The van der Waals surface area contributed by atoms with Crippen LogP contribution in [-0.2, 0) is 34.0 Å². The maximum absolute atomic E-state index is 6.67. The second-order valence-electron chi connectivity index (χ2n) is 11.5. The summed E-state index contributed by atoms with van der Waals surface area (Å²) in [6, 6.07) is 35.6. The Hall–Kier alpha value is -2.20. The Morgan fingerprint density at radius 2 is 1.19 bits per heavy atom. The van der Waals surface area contributed by atoms with Crippen molar-refractivity contribution in [2.45, 2.75) is 59.1 Å². The highest BCUT2D eigenvalue weighted by Crippen LogP contribution is 2.36. The summed E-state index contributed by atoms with van der Waals surface area (Å²) in [7, 11) is 0. The van der Waals surface area contributed by atoms with Crippen LogP contribution in [0.25, 0.3) is 0 Å². The first-order valence-corrected chi connectivity index (χ1v) is 19.2. The Morgan fingerprint density at radius 3 is 1.70 bits per heavy atom. The maximum Gasteiger partial charge on any atom is 0.160 e. The van der Waals surface area contributed by atoms with E-state index in [9.17, 15) is 0 Å². The number of rotatable bonds is 17. The van der Waals surface area contributed by atoms with Gasteiger partial charge in [-0.2, -0.15) is 0 Å². The predicted molar refractivity (Wildman–Crippen MR) is 196 cm³/mol. The molecule has 0 saturated carbocycles. The number of nitrogens with zero attached hydrogens (tertiary/aromatic N) is 1. The number of piperidine rings is 1. The Morgan fingerprint density at radius 1 is 0.660 bits per heavy atom. The highest BCUT2D eigenvalue weighted by molar-refractivity contribution is 7.98. The fraction of sp³-hybridized carbons (Fsp3) is 0.368. The Balaban J connectivity index is 1.26. The smallest absolute Gasteiger partial charge is 0.160 e. The molecule has 1 saturated heterocycles. The number of halogens is 2. The zero-order valence-corrected chi connectivity index (χ0v) is 30.1. The molecule has 1 unspecified atom stereocenters. The van der Waals surface area contributed by atoms with Crippen LogP contribution in [0.5, 0.6) is 5.75 Å². The normalized spacial score (nSPS) is 18.4. The molecule has 1 fully saturated rings. The van der Waals surface area contributed by atoms with Gasteiger partial charge in [-0.05, 0) is 71.2 Å². The van der Waals surface area contributed by atoms with Crippen molar-refractivity contribution in [1.29, 1.82) is 0 Å². The van der Waals surface area contributed by atoms with Crippen molar-refractivity contribution in [1.82, 2.24) is 4.90 Å². The monoisotopic (exact) mass is 711 g/mol. The van der Waals surface area contributed by atoms with Gasteiger partial charge in [-0.3, -0.25) is 4.90 Å². The molecule has 3 atom stereocenters. The van der Waals surface area contributed by atoms with Crippen LogP contribution in [0.15, 0.2) is 113 Å². The van der Waals surface area contributed by atoms with E-state index in [4.69, 9.17) is 42.1 Å². The molecule has 5 rings (SSSR count). The number of hydrogen-bond donors (Lipinski definition) is 0. The summed E-state index contributed by atoms with van der Waals surface area (Å²) in [4.78, 5) is 3.81. The molecule has 0 radical (unpaired) electrons. The average molecular weight is 713 g/mol. The molecule has 1 aliphatic heterocycles. The number of alkyl halides is 2. The third kappa shape index (κ3) is 11.2. The van der Waals surface area contributed by atoms with Gasteiger partial charge in [0.15, 0.2) is 4.96 Å². The molecule has 4 aromatic carbocycles. The van der Waals surface area contributed by atoms with Crippen LogP contribution in [0.4, 0.5) is 0 Å². The van der Waals surface area contributed by atoms with Crippen LogP contribution >= 0.6 is 46.7 Å². The van der Waals surface area contributed by atoms with E-state index in [2.05, 4.69) is 85.3 Å². The van der Waals surface area contributed by atoms with Crippen molar-refractivity contribution >= 4 is 46.7 Å². The van der Waals surface area contributed by atoms with Crippen LogP contribution in [-0.4, -0.2) is 60.9 Å². The van der Waals surface area contributed by atoms with Crippen molar-refractivity contribution in [3.8, 4) is 5.75 Å². The van der Waals surface area contributed by atoms with E-state index in [0.717, 1.165) is 28.9 Å². The molecule has 0 aliphatic carbocycles. The molecule has 4 aromatic rings. The molecule has 9 heteroatoms. The van der Waals surface area contributed by atoms with Gasteiger partial charge in [0.05, 0.1) is 45.2 Å². The van der Waals surface area contributed by atoms with Gasteiger partial charge in [0.1, 0.15) is 5.75 Å². The number of likely N-dealkylation sites (tertiary alicyclic amines) is 1. The van der Waals surface area contributed by atoms with Gasteiger partial charge in [-0.25, -0.2) is 0 Å². The lowest BCUT2D eigenvalue weighted by atomic mass is 9.84. The second kappa shape index (κ2) is 19.1. The quantitative estimate of drug-likeness (QED) is 0.0468. The average Bonchev–Trinajstić information content (AvgIpc) is 3.12. The van der Waals surface area contributed by atoms with Gasteiger partial charge in [0.25, 0.3) is 0 Å². The van der Waals surface area contributed by atoms with Crippen molar-refractivity contribution in [2.75, 3.05) is 38.8 Å². The van der Waals surface area contributed by atoms with Gasteiger partial charge in [-0.15, -0.1) is 23.5 Å². The van der Waals surface area contributed by atoms with E-state index in [1.807, 2.05) is 35.2 Å². The van der Waals surface area contributed by atoms with Crippen molar-refractivity contribution in [3.05, 3.63) is 125 Å². The number of thioether (sulfide) groups is 2. The van der Waals surface area contributed by atoms with Crippen LogP contribution in [0, 0.1) is 0 Å². The molecule has 1 aliphatic rings. The molecule has 0 aromatic heterocycles. The summed E-state index contributed by atoms with van der Waals surface area (Å²) in [5.41, 5.74) is 4.55. The minimum atomic E-state index is -0.665. The molecule has 0 amide bonds. The largest absolute Gasteiger partial charge is 0.494 e. The van der Waals surface area contributed by atoms with Crippen molar-refractivity contribution < 1.29 is 18.9 Å². The predicted octanol–water partition coefficient (Wildman–Crippen LogP) is 9.45. The molecule has 0 N–H and O–H groups in total. The van der Waals surface area contributed by atoms with Gasteiger partial charge in [-0.1, -0.05) is 89.9 Å². The zero-order valence-electron chi connectivity index (χ0n) is 26.9. The lowest BCUT2D eigenvalue weighted by Gasteiger charge is -2.44. The number of hydrogen-bond acceptors (Lipinski definition) is 7. The van der Waals surface area contributed by atoms with Gasteiger partial charge < -0.3 is 18.9 Å². The van der Waals surface area contributed by atoms with E-state index in [0.29, 0.717) is 46.1 Å². The summed E-state index contributed by atoms with van der Waals surface area (Å²) in [6.45, 7) is 3.99. The molecule has 0 bridgehead atoms. The van der Waals surface area contributed by atoms with Gasteiger partial charge in [0, 0.05) is 35.2 Å². The Labute approximate surface area is 298 Å². The second-order valence-corrected chi connectivity index (χ2v) is 14.3. The molecule has 5 nitrogen and oxygen atoms in total. The van der Waals surface area contributed by atoms with Crippen molar-refractivity contribution in [2.24, 2.45) is 0 Å². The van der Waals surface area contributed by atoms with Gasteiger partial charge >= 0.3 is 0 Å². The van der Waals surface area contributed by atoms with E-state index in [1.54, 1.807) is 23.5 Å². The first-order chi connectivity index (χ1) is 23.0. The zero-order chi connectivity index (χ0) is 32.8. The fourth-order valence-corrected chi connectivity index (χ4v) is 6.79. The first kappa shape index (κ1) is 36.1. The third-order valence-corrected chi connectivity index (χ3v) is 10.3. The molecule has 250 valence electrons. The molecular weight excluding hydrogens is 669 g/mol. The number of benzene rings is 4. The van der Waals surface area contributed by atoms with E-state index in [-0.39, 0.29) is 18.1 Å². The first-order valence-electron chi connectivity index (χ1n) is 15.9. The van der Waals surface area contributed by atoms with Crippen LogP contribution in [0.3, 0.4) is 0 Å². The van der Waals surface area contributed by atoms with Gasteiger partial charge in [0.2, 0.25) is 0 Å². The standard InChI is InChI=1S/C38H43Cl2NO4S2/c1-46-33-17-9-29(10-18-33)26-44-35-23-41(38(39)40)24-36(45-27-30-11-19-34(47-2)20-12-30)37(35)31-13-15-32(16-14-31)43-22-6-21-42-25-28-7-4-3-5-8-28/h3-5,7-20,35-38H,6,21-27H2,1-2H3/t35-,36+,37?. The van der Waals surface area contributed by atoms with E-state index >= 15 is 0 Å². The Kier molecular flexibility index (Phi) is 14.7. The summed E-state index contributed by atoms with van der Waals surface area (Å²) < 4.78 is 25.2. The fourth-order valence-electron chi connectivity index (χ4n) is 5.66. The lowest BCUT2D eigenvalue weighted by Crippen LogP contribution is -2.53. The van der Waals surface area contributed by atoms with Crippen LogP contribution in [0.1, 0.15) is 34.6 Å². The highest BCUT2D eigenvalue weighted by atomic mass is 35.5.